The second-order valence-electron chi connectivity index (χ2n) is 10.3. The summed E-state index contributed by atoms with van der Waals surface area (Å²) in [5, 5.41) is 8.15. The third-order valence-electron chi connectivity index (χ3n) is 7.03. The molecule has 262 valence electrons. The van der Waals surface area contributed by atoms with Gasteiger partial charge in [-0.25, -0.2) is 0 Å². The molecule has 1 aromatic heterocycles. The van der Waals surface area contributed by atoms with Crippen LogP contribution in [0.4, 0.5) is 17.1 Å². The Labute approximate surface area is 281 Å². The minimum absolute atomic E-state index is 0.163. The number of nitrogens with zero attached hydrogens (tertiary/aromatic N) is 3. The van der Waals surface area contributed by atoms with Crippen LogP contribution in [0.1, 0.15) is 31.8 Å². The number of nitrogen functional groups attached to an aromatic ring is 3. The van der Waals surface area contributed by atoms with Crippen LogP contribution in [0.25, 0.3) is 16.7 Å². The van der Waals surface area contributed by atoms with Crippen LogP contribution >= 0.6 is 0 Å². The number of hydrogen-bond donors (Lipinski definition) is 7. The first-order valence-electron chi connectivity index (χ1n) is 13.0. The van der Waals surface area contributed by atoms with Crippen molar-refractivity contribution in [3.63, 3.8) is 0 Å². The van der Waals surface area contributed by atoms with Gasteiger partial charge in [0.15, 0.2) is 11.6 Å². The van der Waals surface area contributed by atoms with Gasteiger partial charge in [-0.15, -0.1) is 10.2 Å². The Hall–Kier alpha value is -5.34. The largest absolute Gasteiger partial charge is 0.398 e. The van der Waals surface area contributed by atoms with Crippen LogP contribution in [0.5, 0.6) is 0 Å². The van der Waals surface area contributed by atoms with Crippen molar-refractivity contribution in [2.45, 2.75) is 19.6 Å². The summed E-state index contributed by atoms with van der Waals surface area (Å²) < 4.78 is 126. The maximum Gasteiger partial charge on any atom is 0.296 e. The molecule has 1 aliphatic rings. The van der Waals surface area contributed by atoms with Crippen LogP contribution in [0, 0.1) is 0 Å². The number of benzene rings is 4. The third-order valence-corrected chi connectivity index (χ3v) is 10.6. The Kier molecular flexibility index (Phi) is 8.57. The molecule has 10 N–H and O–H groups in total. The standard InChI is InChI=1S/C14H10N2O8S2.C12H10N4O6S2/c15-8-3-6-7(4-10(8)26(22,23)24)14(18)11-5(13(6)17)1-2-9(12(11)16)25(19,20)21;13-9-5-10-11(6-12(9)24(20,21)22)15-16(14-10)7-1-3-8(4-2-7)23(17,18)19/h1-4H,15-16H2,(H,19,20,21)(H,22,23,24);1-6H,13H2,(H,17,18,19)(H,20,21,22). The van der Waals surface area contributed by atoms with E-state index < -0.39 is 89.2 Å². The number of anilines is 3. The van der Waals surface area contributed by atoms with Gasteiger partial charge >= 0.3 is 0 Å². The predicted octanol–water partition coefficient (Wildman–Crippen LogP) is 0.616. The summed E-state index contributed by atoms with van der Waals surface area (Å²) in [4.78, 5) is 24.1. The first-order chi connectivity index (χ1) is 22.9. The zero-order valence-corrected chi connectivity index (χ0v) is 27.6. The molecular weight excluding hydrogens is 749 g/mol. The molecule has 0 aliphatic heterocycles. The maximum atomic E-state index is 12.7. The lowest BCUT2D eigenvalue weighted by Gasteiger charge is -2.21. The maximum absolute atomic E-state index is 12.7. The van der Waals surface area contributed by atoms with E-state index in [0.29, 0.717) is 11.8 Å². The summed E-state index contributed by atoms with van der Waals surface area (Å²) >= 11 is 0. The fourth-order valence-corrected chi connectivity index (χ4v) is 7.13. The van der Waals surface area contributed by atoms with E-state index in [1.807, 2.05) is 0 Å². The zero-order valence-electron chi connectivity index (χ0n) is 24.4. The van der Waals surface area contributed by atoms with Crippen molar-refractivity contribution in [2.24, 2.45) is 0 Å². The number of carbonyl (C=O) groups is 2. The monoisotopic (exact) mass is 768 g/mol. The Bertz CT molecular complexity index is 2760. The number of fused-ring (bicyclic) bond motifs is 3. The minimum Gasteiger partial charge on any atom is -0.398 e. The lowest BCUT2D eigenvalue weighted by atomic mass is 9.83. The summed E-state index contributed by atoms with van der Waals surface area (Å²) in [5.74, 6) is -1.71. The summed E-state index contributed by atoms with van der Waals surface area (Å²) in [6.45, 7) is 0. The molecular formula is C26H20N6O14S4. The molecule has 0 atom stereocenters. The number of hydrogen-bond acceptors (Lipinski definition) is 15. The average Bonchev–Trinajstić information content (AvgIpc) is 3.40. The van der Waals surface area contributed by atoms with E-state index in [-0.39, 0.29) is 32.7 Å². The highest BCUT2D eigenvalue weighted by Gasteiger charge is 2.35. The molecule has 20 nitrogen and oxygen atoms in total. The lowest BCUT2D eigenvalue weighted by Crippen LogP contribution is -2.24. The molecule has 0 bridgehead atoms. The molecule has 24 heteroatoms. The van der Waals surface area contributed by atoms with Crippen molar-refractivity contribution in [1.82, 2.24) is 15.0 Å². The molecule has 1 aliphatic carbocycles. The minimum atomic E-state index is -4.78. The van der Waals surface area contributed by atoms with E-state index in [1.165, 1.54) is 18.2 Å². The summed E-state index contributed by atoms with van der Waals surface area (Å²) in [5.41, 5.74) is 14.9. The van der Waals surface area contributed by atoms with E-state index in [0.717, 1.165) is 41.2 Å². The normalized spacial score (nSPS) is 13.4. The van der Waals surface area contributed by atoms with Gasteiger partial charge in [-0.3, -0.25) is 27.8 Å². The number of aromatic nitrogens is 3. The van der Waals surface area contributed by atoms with Crippen molar-refractivity contribution in [2.75, 3.05) is 17.2 Å². The highest BCUT2D eigenvalue weighted by Crippen LogP contribution is 2.36. The number of rotatable bonds is 5. The number of ketones is 2. The summed E-state index contributed by atoms with van der Waals surface area (Å²) in [6, 6.07) is 10.9. The molecule has 4 aromatic carbocycles. The van der Waals surface area contributed by atoms with Crippen LogP contribution in [0.15, 0.2) is 80.2 Å². The van der Waals surface area contributed by atoms with Gasteiger partial charge < -0.3 is 17.2 Å². The molecule has 0 saturated carbocycles. The van der Waals surface area contributed by atoms with Crippen molar-refractivity contribution in [3.05, 3.63) is 82.9 Å². The van der Waals surface area contributed by atoms with Crippen LogP contribution in [-0.2, 0) is 40.5 Å². The average molecular weight is 769 g/mol. The molecule has 50 heavy (non-hydrogen) atoms. The van der Waals surface area contributed by atoms with Crippen LogP contribution in [0.2, 0.25) is 0 Å². The van der Waals surface area contributed by atoms with Gasteiger partial charge in [0.2, 0.25) is 0 Å². The Balaban J connectivity index is 0.000000195. The van der Waals surface area contributed by atoms with E-state index in [1.54, 1.807) is 0 Å². The van der Waals surface area contributed by atoms with Gasteiger partial charge in [-0.1, -0.05) is 0 Å². The molecule has 0 fully saturated rings. The number of nitrogens with two attached hydrogens (primary N) is 3. The summed E-state index contributed by atoms with van der Waals surface area (Å²) in [7, 11) is -18.4. The quantitative estimate of drug-likeness (QED) is 0.0933. The van der Waals surface area contributed by atoms with Crippen molar-refractivity contribution < 1.29 is 61.5 Å². The Morgan fingerprint density at radius 2 is 1.00 bits per heavy atom. The van der Waals surface area contributed by atoms with Crippen LogP contribution in [-0.4, -0.2) is 78.4 Å². The molecule has 0 saturated heterocycles. The molecule has 1 heterocycles. The Morgan fingerprint density at radius 3 is 1.52 bits per heavy atom. The molecule has 6 rings (SSSR count). The van der Waals surface area contributed by atoms with Crippen LogP contribution < -0.4 is 17.2 Å². The SMILES string of the molecule is Nc1cc2c(cc1S(=O)(=O)O)C(=O)c1c(ccc(S(=O)(=O)O)c1N)C2=O.Nc1cc2nn(-c3ccc(S(=O)(=O)O)cc3)nc2cc1S(=O)(=O)O. The van der Waals surface area contributed by atoms with Crippen molar-refractivity contribution in [3.8, 4) is 5.69 Å². The fraction of sp³-hybridized carbons (Fsp3) is 0. The van der Waals surface area contributed by atoms with E-state index in [4.69, 9.17) is 26.3 Å². The van der Waals surface area contributed by atoms with Gasteiger partial charge in [-0.05, 0) is 60.7 Å². The van der Waals surface area contributed by atoms with Gasteiger partial charge in [0, 0.05) is 16.7 Å². The molecule has 0 amide bonds. The summed E-state index contributed by atoms with van der Waals surface area (Å²) in [6.07, 6.45) is 0. The van der Waals surface area contributed by atoms with Crippen LogP contribution in [0.3, 0.4) is 0 Å². The highest BCUT2D eigenvalue weighted by molar-refractivity contribution is 7.86. The van der Waals surface area contributed by atoms with Crippen molar-refractivity contribution >= 4 is 80.1 Å². The smallest absolute Gasteiger partial charge is 0.296 e. The topological polar surface area (TPSA) is 360 Å². The zero-order chi connectivity index (χ0) is 37.3. The lowest BCUT2D eigenvalue weighted by molar-refractivity contribution is 0.0979. The predicted molar refractivity (Wildman–Crippen MR) is 171 cm³/mol. The van der Waals surface area contributed by atoms with Gasteiger partial charge in [0.05, 0.1) is 33.2 Å². The molecule has 0 unspecified atom stereocenters. The first kappa shape index (κ1) is 36.0. The second kappa shape index (κ2) is 11.9. The van der Waals surface area contributed by atoms with E-state index in [9.17, 15) is 52.4 Å². The first-order valence-corrected chi connectivity index (χ1v) is 18.8. The third kappa shape index (κ3) is 6.63. The molecule has 0 spiro atoms. The Morgan fingerprint density at radius 1 is 0.520 bits per heavy atom. The second-order valence-corrected chi connectivity index (χ2v) is 15.8. The molecule has 0 radical (unpaired) electrons. The van der Waals surface area contributed by atoms with Gasteiger partial charge in [0.1, 0.15) is 25.7 Å². The van der Waals surface area contributed by atoms with Gasteiger partial charge in [0.25, 0.3) is 40.5 Å². The molecule has 5 aromatic rings. The van der Waals surface area contributed by atoms with Gasteiger partial charge in [-0.2, -0.15) is 38.5 Å². The van der Waals surface area contributed by atoms with Crippen molar-refractivity contribution in [1.29, 1.82) is 0 Å². The highest BCUT2D eigenvalue weighted by atomic mass is 32.2. The number of carbonyl (C=O) groups excluding carboxylic acids is 2. The fourth-order valence-electron chi connectivity index (χ4n) is 4.79. The van der Waals surface area contributed by atoms with E-state index in [2.05, 4.69) is 10.2 Å². The van der Waals surface area contributed by atoms with E-state index >= 15 is 0 Å².